The standard InChI is InChI=1S/C12H14FNO2/c13-8-1-6-11(14)12(7-8)16-10-4-2-9(15)3-5-10/h1,6-7,10H,2-5,14H2. The van der Waals surface area contributed by atoms with E-state index < -0.39 is 0 Å². The van der Waals surface area contributed by atoms with Gasteiger partial charge in [-0.25, -0.2) is 4.39 Å². The smallest absolute Gasteiger partial charge is 0.145 e. The van der Waals surface area contributed by atoms with Crippen LogP contribution in [0.2, 0.25) is 0 Å². The van der Waals surface area contributed by atoms with Crippen molar-refractivity contribution in [3.63, 3.8) is 0 Å². The van der Waals surface area contributed by atoms with Gasteiger partial charge in [-0.05, 0) is 25.0 Å². The van der Waals surface area contributed by atoms with Gasteiger partial charge in [-0.1, -0.05) is 0 Å². The van der Waals surface area contributed by atoms with Crippen LogP contribution in [0.5, 0.6) is 5.75 Å². The molecular formula is C12H14FNO2. The van der Waals surface area contributed by atoms with Gasteiger partial charge in [0, 0.05) is 18.9 Å². The second-order valence-electron chi connectivity index (χ2n) is 4.04. The molecule has 0 bridgehead atoms. The van der Waals surface area contributed by atoms with Crippen LogP contribution in [0.4, 0.5) is 10.1 Å². The van der Waals surface area contributed by atoms with Gasteiger partial charge in [0.1, 0.15) is 17.3 Å². The number of nitrogens with two attached hydrogens (primary N) is 1. The van der Waals surface area contributed by atoms with E-state index in [9.17, 15) is 9.18 Å². The quantitative estimate of drug-likeness (QED) is 0.783. The molecule has 3 nitrogen and oxygen atoms in total. The second-order valence-corrected chi connectivity index (χ2v) is 4.04. The summed E-state index contributed by atoms with van der Waals surface area (Å²) >= 11 is 0. The molecule has 0 heterocycles. The molecule has 1 saturated carbocycles. The lowest BCUT2D eigenvalue weighted by Crippen LogP contribution is -2.24. The maximum atomic E-state index is 13.0. The Morgan fingerprint density at radius 1 is 1.31 bits per heavy atom. The minimum Gasteiger partial charge on any atom is -0.488 e. The van der Waals surface area contributed by atoms with Crippen molar-refractivity contribution in [3.05, 3.63) is 24.0 Å². The lowest BCUT2D eigenvalue weighted by molar-refractivity contribution is -0.121. The Kier molecular flexibility index (Phi) is 3.08. The fourth-order valence-corrected chi connectivity index (χ4v) is 1.82. The molecule has 0 radical (unpaired) electrons. The molecule has 2 N–H and O–H groups in total. The van der Waals surface area contributed by atoms with Crippen molar-refractivity contribution in [1.29, 1.82) is 0 Å². The molecule has 1 aromatic carbocycles. The molecule has 0 spiro atoms. The molecule has 1 fully saturated rings. The zero-order valence-corrected chi connectivity index (χ0v) is 8.91. The van der Waals surface area contributed by atoms with Crippen LogP contribution in [-0.2, 0) is 4.79 Å². The largest absolute Gasteiger partial charge is 0.488 e. The van der Waals surface area contributed by atoms with Gasteiger partial charge in [-0.3, -0.25) is 4.79 Å². The number of carbonyl (C=O) groups excluding carboxylic acids is 1. The highest BCUT2D eigenvalue weighted by Crippen LogP contribution is 2.27. The maximum Gasteiger partial charge on any atom is 0.145 e. The number of carbonyl (C=O) groups is 1. The molecule has 16 heavy (non-hydrogen) atoms. The van der Waals surface area contributed by atoms with Gasteiger partial charge >= 0.3 is 0 Å². The van der Waals surface area contributed by atoms with Crippen molar-refractivity contribution in [1.82, 2.24) is 0 Å². The summed E-state index contributed by atoms with van der Waals surface area (Å²) in [7, 11) is 0. The molecule has 86 valence electrons. The topological polar surface area (TPSA) is 52.3 Å². The molecular weight excluding hydrogens is 209 g/mol. The number of hydrogen-bond donors (Lipinski definition) is 1. The third-order valence-corrected chi connectivity index (χ3v) is 2.76. The molecule has 1 aliphatic rings. The summed E-state index contributed by atoms with van der Waals surface area (Å²) < 4.78 is 18.6. The highest BCUT2D eigenvalue weighted by molar-refractivity contribution is 5.79. The molecule has 4 heteroatoms. The maximum absolute atomic E-state index is 13.0. The molecule has 1 aliphatic carbocycles. The van der Waals surface area contributed by atoms with Gasteiger partial charge in [-0.15, -0.1) is 0 Å². The summed E-state index contributed by atoms with van der Waals surface area (Å²) in [5.74, 6) is 0.280. The first kappa shape index (κ1) is 10.9. The van der Waals surface area contributed by atoms with Crippen molar-refractivity contribution in [2.75, 3.05) is 5.73 Å². The minimum atomic E-state index is -0.365. The van der Waals surface area contributed by atoms with Crippen LogP contribution >= 0.6 is 0 Å². The highest BCUT2D eigenvalue weighted by atomic mass is 19.1. The first-order chi connectivity index (χ1) is 7.65. The summed E-state index contributed by atoms with van der Waals surface area (Å²) in [6.45, 7) is 0. The Bertz CT molecular complexity index is 396. The van der Waals surface area contributed by atoms with E-state index >= 15 is 0 Å². The first-order valence-corrected chi connectivity index (χ1v) is 5.38. The van der Waals surface area contributed by atoms with Crippen molar-refractivity contribution < 1.29 is 13.9 Å². The third-order valence-electron chi connectivity index (χ3n) is 2.76. The van der Waals surface area contributed by atoms with Crippen LogP contribution in [-0.4, -0.2) is 11.9 Å². The third kappa shape index (κ3) is 2.51. The van der Waals surface area contributed by atoms with Gasteiger partial charge in [0.25, 0.3) is 0 Å². The zero-order chi connectivity index (χ0) is 11.5. The normalized spacial score (nSPS) is 17.4. The Labute approximate surface area is 93.4 Å². The molecule has 1 aromatic rings. The number of nitrogen functional groups attached to an aromatic ring is 1. The Hall–Kier alpha value is -1.58. The van der Waals surface area contributed by atoms with E-state index in [0.717, 1.165) is 0 Å². The minimum absolute atomic E-state index is 0.0261. The van der Waals surface area contributed by atoms with E-state index in [-0.39, 0.29) is 17.7 Å². The van der Waals surface area contributed by atoms with Crippen LogP contribution in [0.15, 0.2) is 18.2 Å². The molecule has 0 unspecified atom stereocenters. The van der Waals surface area contributed by atoms with Crippen LogP contribution < -0.4 is 10.5 Å². The number of anilines is 1. The number of benzene rings is 1. The van der Waals surface area contributed by atoms with Crippen LogP contribution in [0.1, 0.15) is 25.7 Å². The van der Waals surface area contributed by atoms with Crippen LogP contribution in [0.25, 0.3) is 0 Å². The van der Waals surface area contributed by atoms with Crippen LogP contribution in [0.3, 0.4) is 0 Å². The summed E-state index contributed by atoms with van der Waals surface area (Å²) in [6.07, 6.45) is 2.44. The average Bonchev–Trinajstić information content (AvgIpc) is 2.27. The lowest BCUT2D eigenvalue weighted by Gasteiger charge is -2.23. The fraction of sp³-hybridized carbons (Fsp3) is 0.417. The molecule has 0 aromatic heterocycles. The molecule has 2 rings (SSSR count). The van der Waals surface area contributed by atoms with E-state index in [4.69, 9.17) is 10.5 Å². The molecule has 0 atom stereocenters. The van der Waals surface area contributed by atoms with Crippen molar-refractivity contribution in [2.45, 2.75) is 31.8 Å². The van der Waals surface area contributed by atoms with Crippen LogP contribution in [0, 0.1) is 5.82 Å². The second kappa shape index (κ2) is 4.51. The van der Waals surface area contributed by atoms with Crippen molar-refractivity contribution >= 4 is 11.5 Å². The number of ether oxygens (including phenoxy) is 1. The van der Waals surface area contributed by atoms with E-state index in [2.05, 4.69) is 0 Å². The van der Waals surface area contributed by atoms with E-state index in [1.807, 2.05) is 0 Å². The molecule has 0 amide bonds. The van der Waals surface area contributed by atoms with Gasteiger partial charge in [0.15, 0.2) is 0 Å². The van der Waals surface area contributed by atoms with E-state index in [1.165, 1.54) is 18.2 Å². The molecule has 0 saturated heterocycles. The highest BCUT2D eigenvalue weighted by Gasteiger charge is 2.20. The Morgan fingerprint density at radius 3 is 2.69 bits per heavy atom. The van der Waals surface area contributed by atoms with E-state index in [1.54, 1.807) is 0 Å². The summed E-state index contributed by atoms with van der Waals surface area (Å²) in [5.41, 5.74) is 6.10. The predicted octanol–water partition coefficient (Wildman–Crippen LogP) is 2.30. The number of rotatable bonds is 2. The first-order valence-electron chi connectivity index (χ1n) is 5.38. The molecule has 0 aliphatic heterocycles. The summed E-state index contributed by atoms with van der Waals surface area (Å²) in [4.78, 5) is 11.0. The van der Waals surface area contributed by atoms with Gasteiger partial charge in [-0.2, -0.15) is 0 Å². The van der Waals surface area contributed by atoms with Crippen molar-refractivity contribution in [3.8, 4) is 5.75 Å². The lowest BCUT2D eigenvalue weighted by atomic mass is 9.96. The van der Waals surface area contributed by atoms with Gasteiger partial charge in [0.05, 0.1) is 11.8 Å². The van der Waals surface area contributed by atoms with E-state index in [0.29, 0.717) is 37.1 Å². The Morgan fingerprint density at radius 2 is 2.00 bits per heavy atom. The summed E-state index contributed by atoms with van der Waals surface area (Å²) in [5, 5.41) is 0. The number of halogens is 1. The monoisotopic (exact) mass is 223 g/mol. The SMILES string of the molecule is Nc1ccc(F)cc1OC1CCC(=O)CC1. The Balaban J connectivity index is 2.03. The fourth-order valence-electron chi connectivity index (χ4n) is 1.82. The van der Waals surface area contributed by atoms with Crippen molar-refractivity contribution in [2.24, 2.45) is 0 Å². The number of Topliss-reactive ketones (excluding diaryl/α,β-unsaturated/α-hetero) is 1. The van der Waals surface area contributed by atoms with Gasteiger partial charge < -0.3 is 10.5 Å². The summed E-state index contributed by atoms with van der Waals surface area (Å²) in [6, 6.07) is 4.07. The number of hydrogen-bond acceptors (Lipinski definition) is 3. The number of ketones is 1. The van der Waals surface area contributed by atoms with Gasteiger partial charge in [0.2, 0.25) is 0 Å². The average molecular weight is 223 g/mol. The predicted molar refractivity (Wildman–Crippen MR) is 58.7 cm³/mol. The zero-order valence-electron chi connectivity index (χ0n) is 8.91.